The number of nitrogens with zero attached hydrogens (tertiary/aromatic N) is 2. The van der Waals surface area contributed by atoms with Crippen molar-refractivity contribution in [1.29, 1.82) is 0 Å². The highest BCUT2D eigenvalue weighted by molar-refractivity contribution is 7.20. The molecule has 28 heavy (non-hydrogen) atoms. The second-order valence-corrected chi connectivity index (χ2v) is 7.67. The average Bonchev–Trinajstić information content (AvgIpc) is 3.22. The second-order valence-electron chi connectivity index (χ2n) is 6.64. The predicted molar refractivity (Wildman–Crippen MR) is 107 cm³/mol. The van der Waals surface area contributed by atoms with E-state index in [-0.39, 0.29) is 17.4 Å². The van der Waals surface area contributed by atoms with Crippen LogP contribution in [0.5, 0.6) is 0 Å². The van der Waals surface area contributed by atoms with Gasteiger partial charge in [0.05, 0.1) is 22.8 Å². The summed E-state index contributed by atoms with van der Waals surface area (Å²) >= 11 is 1.30. The van der Waals surface area contributed by atoms with Gasteiger partial charge < -0.3 is 5.32 Å². The summed E-state index contributed by atoms with van der Waals surface area (Å²) in [6.45, 7) is 4.18. The number of rotatable bonds is 4. The maximum Gasteiger partial charge on any atom is 0.265 e. The Morgan fingerprint density at radius 2 is 1.86 bits per heavy atom. The van der Waals surface area contributed by atoms with E-state index < -0.39 is 5.82 Å². The smallest absolute Gasteiger partial charge is 0.265 e. The van der Waals surface area contributed by atoms with Gasteiger partial charge in [-0.15, -0.1) is 11.3 Å². The Labute approximate surface area is 164 Å². The van der Waals surface area contributed by atoms with Crippen molar-refractivity contribution in [1.82, 2.24) is 9.78 Å². The highest BCUT2D eigenvalue weighted by Gasteiger charge is 2.17. The van der Waals surface area contributed by atoms with Crippen LogP contribution in [0.15, 0.2) is 48.5 Å². The molecule has 1 amide bonds. The molecule has 0 atom stereocenters. The van der Waals surface area contributed by atoms with Crippen LogP contribution in [0.1, 0.15) is 26.5 Å². The molecule has 0 saturated carbocycles. The molecular weight excluding hydrogens is 380 g/mol. The molecular formula is C21H17F2N3OS. The molecule has 4 aromatic rings. The zero-order valence-electron chi connectivity index (χ0n) is 15.3. The minimum Gasteiger partial charge on any atom is -0.319 e. The number of hydrogen-bond donors (Lipinski definition) is 1. The fourth-order valence-electron chi connectivity index (χ4n) is 3.01. The van der Waals surface area contributed by atoms with Gasteiger partial charge in [0.15, 0.2) is 0 Å². The van der Waals surface area contributed by atoms with Crippen LogP contribution >= 0.6 is 11.3 Å². The van der Waals surface area contributed by atoms with Crippen molar-refractivity contribution in [2.24, 2.45) is 0 Å². The van der Waals surface area contributed by atoms with Gasteiger partial charge in [-0.1, -0.05) is 18.2 Å². The molecule has 0 unspecified atom stereocenters. The van der Waals surface area contributed by atoms with Crippen molar-refractivity contribution in [3.8, 4) is 0 Å². The number of benzene rings is 2. The molecule has 0 fully saturated rings. The summed E-state index contributed by atoms with van der Waals surface area (Å²) in [5.74, 6) is -1.12. The third kappa shape index (κ3) is 3.53. The molecule has 0 bridgehead atoms. The van der Waals surface area contributed by atoms with E-state index in [1.807, 2.05) is 13.8 Å². The van der Waals surface area contributed by atoms with Crippen molar-refractivity contribution in [3.05, 3.63) is 81.9 Å². The fraction of sp³-hybridized carbons (Fsp3) is 0.143. The summed E-state index contributed by atoms with van der Waals surface area (Å²) in [7, 11) is 0. The molecule has 2 heterocycles. The third-order valence-electron chi connectivity index (χ3n) is 4.45. The largest absolute Gasteiger partial charge is 0.319 e. The molecule has 4 rings (SSSR count). The molecule has 142 valence electrons. The lowest BCUT2D eigenvalue weighted by atomic mass is 10.2. The van der Waals surface area contributed by atoms with Gasteiger partial charge in [-0.25, -0.2) is 8.78 Å². The van der Waals surface area contributed by atoms with Crippen molar-refractivity contribution < 1.29 is 13.6 Å². The molecule has 0 radical (unpaired) electrons. The Bertz CT molecular complexity index is 1180. The minimum atomic E-state index is -0.473. The van der Waals surface area contributed by atoms with Gasteiger partial charge in [0.25, 0.3) is 5.91 Å². The first-order chi connectivity index (χ1) is 13.4. The lowest BCUT2D eigenvalue weighted by Crippen LogP contribution is -2.11. The van der Waals surface area contributed by atoms with Crippen LogP contribution in [0.2, 0.25) is 0 Å². The van der Waals surface area contributed by atoms with E-state index in [0.29, 0.717) is 11.4 Å². The van der Waals surface area contributed by atoms with Crippen molar-refractivity contribution in [2.45, 2.75) is 20.4 Å². The summed E-state index contributed by atoms with van der Waals surface area (Å²) in [4.78, 5) is 13.9. The highest BCUT2D eigenvalue weighted by Crippen LogP contribution is 2.30. The van der Waals surface area contributed by atoms with Crippen LogP contribution in [0, 0.1) is 25.5 Å². The first kappa shape index (κ1) is 18.3. The number of fused-ring (bicyclic) bond motifs is 1. The molecule has 0 spiro atoms. The number of anilines is 1. The fourth-order valence-corrected chi connectivity index (χ4v) is 4.07. The molecule has 0 aliphatic rings. The summed E-state index contributed by atoms with van der Waals surface area (Å²) in [6, 6.07) is 12.6. The lowest BCUT2D eigenvalue weighted by molar-refractivity contribution is 0.103. The van der Waals surface area contributed by atoms with Crippen molar-refractivity contribution in [2.75, 3.05) is 5.32 Å². The monoisotopic (exact) mass is 397 g/mol. The number of aryl methyl sites for hydroxylation is 2. The number of nitrogens with one attached hydrogen (secondary N) is 1. The van der Waals surface area contributed by atoms with Crippen LogP contribution < -0.4 is 5.32 Å². The minimum absolute atomic E-state index is 0.159. The molecule has 4 nitrogen and oxygen atoms in total. The Kier molecular flexibility index (Phi) is 4.68. The van der Waals surface area contributed by atoms with Crippen LogP contribution in [0.3, 0.4) is 0 Å². The highest BCUT2D eigenvalue weighted by atomic mass is 32.1. The molecule has 7 heteroatoms. The molecule has 0 saturated heterocycles. The first-order valence-corrected chi connectivity index (χ1v) is 9.51. The quantitative estimate of drug-likeness (QED) is 0.508. The standard InChI is InChI=1S/C21H17F2N3OS/c1-12-3-8-17(23)18(9-12)24-20(27)19-10-16-13(2)25-26(21(16)28-19)11-14-4-6-15(22)7-5-14/h3-10H,11H2,1-2H3,(H,24,27). The van der Waals surface area contributed by atoms with E-state index in [9.17, 15) is 13.6 Å². The molecule has 2 aromatic heterocycles. The van der Waals surface area contributed by atoms with E-state index in [2.05, 4.69) is 10.4 Å². The topological polar surface area (TPSA) is 46.9 Å². The van der Waals surface area contributed by atoms with E-state index in [0.717, 1.165) is 27.0 Å². The van der Waals surface area contributed by atoms with Gasteiger partial charge in [-0.2, -0.15) is 5.10 Å². The summed E-state index contributed by atoms with van der Waals surface area (Å²) in [6.07, 6.45) is 0. The van der Waals surface area contributed by atoms with E-state index >= 15 is 0 Å². The van der Waals surface area contributed by atoms with Gasteiger partial charge in [0, 0.05) is 5.39 Å². The normalized spacial score (nSPS) is 11.1. The average molecular weight is 397 g/mol. The molecule has 1 N–H and O–H groups in total. The summed E-state index contributed by atoms with van der Waals surface area (Å²) < 4.78 is 28.9. The molecule has 2 aromatic carbocycles. The first-order valence-electron chi connectivity index (χ1n) is 8.69. The van der Waals surface area contributed by atoms with Crippen LogP contribution in [0.25, 0.3) is 10.2 Å². The van der Waals surface area contributed by atoms with Crippen LogP contribution in [-0.4, -0.2) is 15.7 Å². The van der Waals surface area contributed by atoms with Gasteiger partial charge in [-0.05, 0) is 55.3 Å². The third-order valence-corrected chi connectivity index (χ3v) is 5.59. The Balaban J connectivity index is 1.63. The van der Waals surface area contributed by atoms with Crippen LogP contribution in [0.4, 0.5) is 14.5 Å². The SMILES string of the molecule is Cc1ccc(F)c(NC(=O)c2cc3c(C)nn(Cc4ccc(F)cc4)c3s2)c1. The number of amides is 1. The zero-order chi connectivity index (χ0) is 19.8. The van der Waals surface area contributed by atoms with Crippen molar-refractivity contribution in [3.63, 3.8) is 0 Å². The van der Waals surface area contributed by atoms with Gasteiger partial charge in [0.2, 0.25) is 0 Å². The van der Waals surface area contributed by atoms with Crippen molar-refractivity contribution >= 4 is 33.1 Å². The Morgan fingerprint density at radius 1 is 1.11 bits per heavy atom. The maximum absolute atomic E-state index is 13.9. The number of carbonyl (C=O) groups is 1. The van der Waals surface area contributed by atoms with E-state index in [1.165, 1.54) is 29.5 Å². The molecule has 0 aliphatic heterocycles. The second kappa shape index (κ2) is 7.16. The Morgan fingerprint density at radius 3 is 2.61 bits per heavy atom. The number of halogens is 2. The van der Waals surface area contributed by atoms with Gasteiger partial charge in [-0.3, -0.25) is 9.48 Å². The lowest BCUT2D eigenvalue weighted by Gasteiger charge is -2.06. The number of aromatic nitrogens is 2. The number of hydrogen-bond acceptors (Lipinski definition) is 3. The Hall–Kier alpha value is -3.06. The zero-order valence-corrected chi connectivity index (χ0v) is 16.1. The van der Waals surface area contributed by atoms with Crippen LogP contribution in [-0.2, 0) is 6.54 Å². The van der Waals surface area contributed by atoms with E-state index in [4.69, 9.17) is 0 Å². The van der Waals surface area contributed by atoms with E-state index in [1.54, 1.807) is 35.0 Å². The van der Waals surface area contributed by atoms with Gasteiger partial charge in [0.1, 0.15) is 16.5 Å². The predicted octanol–water partition coefficient (Wildman–Crippen LogP) is 5.29. The van der Waals surface area contributed by atoms with Gasteiger partial charge >= 0.3 is 0 Å². The maximum atomic E-state index is 13.9. The summed E-state index contributed by atoms with van der Waals surface area (Å²) in [5.41, 5.74) is 2.73. The summed E-state index contributed by atoms with van der Waals surface area (Å²) in [5, 5.41) is 8.03. The molecule has 0 aliphatic carbocycles. The number of thiophene rings is 1. The number of carbonyl (C=O) groups excluding carboxylic acids is 1.